The summed E-state index contributed by atoms with van der Waals surface area (Å²) >= 11 is 3.33. The number of hydrogen-bond donors (Lipinski definition) is 1. The molecule has 0 atom stereocenters. The average Bonchev–Trinajstić information content (AvgIpc) is 2.58. The standard InChI is InChI=1S/C12H10BrFN2O2/c1-7-10(6-11(17)18)12(13)16(15-7)9-4-2-8(14)3-5-9/h2-5H,6H2,1H3,(H,17,18). The van der Waals surface area contributed by atoms with E-state index in [0.717, 1.165) is 0 Å². The fourth-order valence-electron chi connectivity index (χ4n) is 1.64. The molecule has 0 saturated carbocycles. The number of carboxylic acid groups (broad SMARTS) is 1. The van der Waals surface area contributed by atoms with Gasteiger partial charge in [-0.25, -0.2) is 9.07 Å². The lowest BCUT2D eigenvalue weighted by Crippen LogP contribution is -2.01. The monoisotopic (exact) mass is 312 g/mol. The van der Waals surface area contributed by atoms with E-state index in [1.807, 2.05) is 0 Å². The molecule has 0 amide bonds. The number of carboxylic acids is 1. The number of aryl methyl sites for hydroxylation is 1. The molecule has 1 N–H and O–H groups in total. The lowest BCUT2D eigenvalue weighted by Gasteiger charge is -2.03. The minimum Gasteiger partial charge on any atom is -0.481 e. The normalized spacial score (nSPS) is 10.6. The molecule has 0 fully saturated rings. The fourth-order valence-corrected chi connectivity index (χ4v) is 2.35. The molecule has 4 nitrogen and oxygen atoms in total. The van der Waals surface area contributed by atoms with Crippen LogP contribution in [0.25, 0.3) is 5.69 Å². The van der Waals surface area contributed by atoms with Crippen molar-refractivity contribution in [2.75, 3.05) is 0 Å². The Morgan fingerprint density at radius 1 is 1.44 bits per heavy atom. The summed E-state index contributed by atoms with van der Waals surface area (Å²) in [7, 11) is 0. The first-order valence-electron chi connectivity index (χ1n) is 5.20. The van der Waals surface area contributed by atoms with Gasteiger partial charge in [0.05, 0.1) is 17.8 Å². The largest absolute Gasteiger partial charge is 0.481 e. The number of aliphatic carboxylic acids is 1. The van der Waals surface area contributed by atoms with E-state index >= 15 is 0 Å². The topological polar surface area (TPSA) is 55.1 Å². The van der Waals surface area contributed by atoms with Gasteiger partial charge in [-0.3, -0.25) is 4.79 Å². The molecule has 0 spiro atoms. The van der Waals surface area contributed by atoms with Crippen LogP contribution >= 0.6 is 15.9 Å². The van der Waals surface area contributed by atoms with E-state index in [0.29, 0.717) is 21.5 Å². The van der Waals surface area contributed by atoms with E-state index < -0.39 is 5.97 Å². The van der Waals surface area contributed by atoms with Crippen molar-refractivity contribution < 1.29 is 14.3 Å². The summed E-state index contributed by atoms with van der Waals surface area (Å²) < 4.78 is 15.0. The van der Waals surface area contributed by atoms with Crippen LogP contribution in [0.1, 0.15) is 11.3 Å². The highest BCUT2D eigenvalue weighted by Gasteiger charge is 2.16. The van der Waals surface area contributed by atoms with Crippen molar-refractivity contribution in [1.82, 2.24) is 9.78 Å². The third-order valence-corrected chi connectivity index (χ3v) is 3.34. The molecule has 94 valence electrons. The number of carbonyl (C=O) groups is 1. The van der Waals surface area contributed by atoms with E-state index in [1.165, 1.54) is 12.1 Å². The van der Waals surface area contributed by atoms with E-state index in [1.54, 1.807) is 23.7 Å². The van der Waals surface area contributed by atoms with Crippen molar-refractivity contribution in [1.29, 1.82) is 0 Å². The van der Waals surface area contributed by atoms with Gasteiger partial charge >= 0.3 is 5.97 Å². The summed E-state index contributed by atoms with van der Waals surface area (Å²) in [5, 5.41) is 13.1. The molecule has 0 aliphatic rings. The van der Waals surface area contributed by atoms with Crippen LogP contribution in [0, 0.1) is 12.7 Å². The van der Waals surface area contributed by atoms with Crippen LogP contribution in [0.2, 0.25) is 0 Å². The maximum absolute atomic E-state index is 12.8. The van der Waals surface area contributed by atoms with Crippen LogP contribution in [0.5, 0.6) is 0 Å². The molecule has 1 aromatic heterocycles. The van der Waals surface area contributed by atoms with Crippen molar-refractivity contribution in [3.63, 3.8) is 0 Å². The average molecular weight is 313 g/mol. The number of hydrogen-bond acceptors (Lipinski definition) is 2. The van der Waals surface area contributed by atoms with Gasteiger partial charge < -0.3 is 5.11 Å². The Kier molecular flexibility index (Phi) is 3.47. The quantitative estimate of drug-likeness (QED) is 0.948. The zero-order chi connectivity index (χ0) is 13.3. The zero-order valence-electron chi connectivity index (χ0n) is 9.52. The van der Waals surface area contributed by atoms with E-state index in [2.05, 4.69) is 21.0 Å². The molecule has 0 saturated heterocycles. The molecule has 1 heterocycles. The SMILES string of the molecule is Cc1nn(-c2ccc(F)cc2)c(Br)c1CC(=O)O. The Morgan fingerprint density at radius 2 is 2.06 bits per heavy atom. The smallest absolute Gasteiger partial charge is 0.307 e. The van der Waals surface area contributed by atoms with Gasteiger partial charge in [0, 0.05) is 5.56 Å². The minimum absolute atomic E-state index is 0.104. The highest BCUT2D eigenvalue weighted by atomic mass is 79.9. The number of rotatable bonds is 3. The van der Waals surface area contributed by atoms with Gasteiger partial charge in [-0.1, -0.05) is 0 Å². The van der Waals surface area contributed by atoms with Crippen molar-refractivity contribution in [3.05, 3.63) is 45.9 Å². The molecule has 0 aliphatic carbocycles. The molecule has 0 unspecified atom stereocenters. The van der Waals surface area contributed by atoms with Crippen molar-refractivity contribution in [2.45, 2.75) is 13.3 Å². The van der Waals surface area contributed by atoms with Crippen LogP contribution < -0.4 is 0 Å². The number of halogens is 2. The first kappa shape index (κ1) is 12.8. The van der Waals surface area contributed by atoms with Crippen molar-refractivity contribution in [3.8, 4) is 5.69 Å². The van der Waals surface area contributed by atoms with Gasteiger partial charge in [0.1, 0.15) is 10.4 Å². The first-order chi connectivity index (χ1) is 8.49. The van der Waals surface area contributed by atoms with Crippen LogP contribution in [0.4, 0.5) is 4.39 Å². The van der Waals surface area contributed by atoms with Crippen LogP contribution in [0.15, 0.2) is 28.9 Å². The predicted molar refractivity (Wildman–Crippen MR) is 67.3 cm³/mol. The summed E-state index contributed by atoms with van der Waals surface area (Å²) in [5.41, 5.74) is 1.92. The minimum atomic E-state index is -0.919. The number of benzene rings is 1. The predicted octanol–water partition coefficient (Wildman–Crippen LogP) is 2.71. The highest BCUT2D eigenvalue weighted by molar-refractivity contribution is 9.10. The van der Waals surface area contributed by atoms with Crippen LogP contribution in [-0.2, 0) is 11.2 Å². The Balaban J connectivity index is 2.46. The van der Waals surface area contributed by atoms with E-state index in [4.69, 9.17) is 5.11 Å². The van der Waals surface area contributed by atoms with Crippen LogP contribution in [-0.4, -0.2) is 20.9 Å². The lowest BCUT2D eigenvalue weighted by atomic mass is 10.2. The summed E-state index contributed by atoms with van der Waals surface area (Å²) in [4.78, 5) is 10.8. The van der Waals surface area contributed by atoms with Crippen molar-refractivity contribution in [2.24, 2.45) is 0 Å². The summed E-state index contributed by atoms with van der Waals surface area (Å²) in [5.74, 6) is -1.25. The third kappa shape index (κ3) is 2.43. The molecule has 2 aromatic rings. The highest BCUT2D eigenvalue weighted by Crippen LogP contribution is 2.24. The lowest BCUT2D eigenvalue weighted by molar-refractivity contribution is -0.136. The maximum atomic E-state index is 12.8. The van der Waals surface area contributed by atoms with Gasteiger partial charge in [0.2, 0.25) is 0 Å². The summed E-state index contributed by atoms with van der Waals surface area (Å²) in [6.07, 6.45) is -0.104. The second-order valence-corrected chi connectivity index (χ2v) is 4.56. The van der Waals surface area contributed by atoms with Crippen LogP contribution in [0.3, 0.4) is 0 Å². The molecular weight excluding hydrogens is 303 g/mol. The molecular formula is C12H10BrFN2O2. The molecule has 18 heavy (non-hydrogen) atoms. The zero-order valence-corrected chi connectivity index (χ0v) is 11.1. The molecule has 6 heteroatoms. The molecule has 0 aliphatic heterocycles. The molecule has 2 rings (SSSR count). The van der Waals surface area contributed by atoms with E-state index in [9.17, 15) is 9.18 Å². The van der Waals surface area contributed by atoms with Gasteiger partial charge in [0.15, 0.2) is 0 Å². The molecule has 0 radical (unpaired) electrons. The summed E-state index contributed by atoms with van der Waals surface area (Å²) in [6.45, 7) is 1.74. The number of nitrogens with zero attached hydrogens (tertiary/aromatic N) is 2. The second kappa shape index (κ2) is 4.89. The van der Waals surface area contributed by atoms with Gasteiger partial charge in [-0.2, -0.15) is 5.10 Å². The molecule has 0 bridgehead atoms. The molecule has 1 aromatic carbocycles. The van der Waals surface area contributed by atoms with E-state index in [-0.39, 0.29) is 12.2 Å². The first-order valence-corrected chi connectivity index (χ1v) is 6.00. The number of aromatic nitrogens is 2. The Hall–Kier alpha value is -1.69. The van der Waals surface area contributed by atoms with Gasteiger partial charge in [-0.15, -0.1) is 0 Å². The fraction of sp³-hybridized carbons (Fsp3) is 0.167. The van der Waals surface area contributed by atoms with Crippen molar-refractivity contribution >= 4 is 21.9 Å². The van der Waals surface area contributed by atoms with Gasteiger partial charge in [0.25, 0.3) is 0 Å². The third-order valence-electron chi connectivity index (χ3n) is 2.52. The van der Waals surface area contributed by atoms with Gasteiger partial charge in [-0.05, 0) is 47.1 Å². The maximum Gasteiger partial charge on any atom is 0.307 e. The Labute approximate surface area is 111 Å². The summed E-state index contributed by atoms with van der Waals surface area (Å²) in [6, 6.07) is 5.82. The second-order valence-electron chi connectivity index (χ2n) is 3.81. The Morgan fingerprint density at radius 3 is 2.61 bits per heavy atom. The Bertz CT molecular complexity index is 593.